The van der Waals surface area contributed by atoms with Crippen LogP contribution in [-0.2, 0) is 17.1 Å². The molecule has 0 heterocycles. The number of rotatable bonds is 5. The first-order valence-electron chi connectivity index (χ1n) is 6.64. The average Bonchev–Trinajstić information content (AvgIpc) is 2.41. The zero-order valence-electron chi connectivity index (χ0n) is 12.0. The average molecular weight is 343 g/mol. The Labute approximate surface area is 128 Å². The van der Waals surface area contributed by atoms with E-state index in [0.29, 0.717) is 6.07 Å². The van der Waals surface area contributed by atoms with Crippen molar-refractivity contribution in [2.75, 3.05) is 0 Å². The minimum Gasteiger partial charge on any atom is -0.480 e. The maximum atomic E-state index is 13.1. The summed E-state index contributed by atoms with van der Waals surface area (Å²) >= 11 is 0. The molecule has 0 saturated carbocycles. The van der Waals surface area contributed by atoms with E-state index in [1.54, 1.807) is 0 Å². The maximum Gasteiger partial charge on any atom is 0.416 e. The molecule has 130 valence electrons. The number of carboxylic acids is 1. The number of alkyl halides is 6. The lowest BCUT2D eigenvalue weighted by atomic mass is 9.86. The van der Waals surface area contributed by atoms with Crippen LogP contribution in [0.3, 0.4) is 0 Å². The van der Waals surface area contributed by atoms with E-state index in [0.717, 1.165) is 6.07 Å². The van der Waals surface area contributed by atoms with E-state index < -0.39 is 41.4 Å². The highest BCUT2D eigenvalue weighted by Crippen LogP contribution is 2.41. The first-order valence-corrected chi connectivity index (χ1v) is 6.64. The van der Waals surface area contributed by atoms with Crippen LogP contribution in [0.4, 0.5) is 26.3 Å². The van der Waals surface area contributed by atoms with Crippen molar-refractivity contribution in [3.8, 4) is 0 Å². The van der Waals surface area contributed by atoms with Crippen LogP contribution in [0.15, 0.2) is 18.2 Å². The van der Waals surface area contributed by atoms with Gasteiger partial charge in [0.2, 0.25) is 0 Å². The highest BCUT2D eigenvalue weighted by molar-refractivity contribution is 5.73. The number of carbonyl (C=O) groups is 1. The van der Waals surface area contributed by atoms with E-state index >= 15 is 0 Å². The first kappa shape index (κ1) is 19.3. The van der Waals surface area contributed by atoms with Crippen molar-refractivity contribution in [1.82, 2.24) is 0 Å². The fourth-order valence-electron chi connectivity index (χ4n) is 2.25. The third kappa shape index (κ3) is 4.85. The van der Waals surface area contributed by atoms with Crippen molar-refractivity contribution in [2.45, 2.75) is 44.1 Å². The lowest BCUT2D eigenvalue weighted by Gasteiger charge is -2.23. The minimum atomic E-state index is -4.99. The molecule has 1 aromatic rings. The summed E-state index contributed by atoms with van der Waals surface area (Å²) in [4.78, 5) is 10.8. The molecule has 0 radical (unpaired) electrons. The topological polar surface area (TPSA) is 63.3 Å². The van der Waals surface area contributed by atoms with Crippen LogP contribution in [0.5, 0.6) is 0 Å². The molecule has 1 aromatic carbocycles. The van der Waals surface area contributed by atoms with Crippen molar-refractivity contribution < 1.29 is 36.2 Å². The molecule has 0 fully saturated rings. The molecule has 9 heteroatoms. The van der Waals surface area contributed by atoms with Gasteiger partial charge in [-0.1, -0.05) is 13.0 Å². The van der Waals surface area contributed by atoms with E-state index in [1.165, 1.54) is 6.92 Å². The van der Waals surface area contributed by atoms with Gasteiger partial charge in [0.05, 0.1) is 11.1 Å². The van der Waals surface area contributed by atoms with Crippen molar-refractivity contribution >= 4 is 5.97 Å². The van der Waals surface area contributed by atoms with Crippen molar-refractivity contribution in [3.05, 3.63) is 34.9 Å². The van der Waals surface area contributed by atoms with Crippen molar-refractivity contribution in [2.24, 2.45) is 5.73 Å². The van der Waals surface area contributed by atoms with Crippen LogP contribution < -0.4 is 5.73 Å². The Bertz CT molecular complexity index is 567. The number of hydrogen-bond donors (Lipinski definition) is 2. The Balaban J connectivity index is 3.36. The van der Waals surface area contributed by atoms with Gasteiger partial charge in [-0.15, -0.1) is 0 Å². The fraction of sp³-hybridized carbons (Fsp3) is 0.500. The first-order chi connectivity index (χ1) is 10.4. The summed E-state index contributed by atoms with van der Waals surface area (Å²) in [7, 11) is 0. The van der Waals surface area contributed by atoms with E-state index in [-0.39, 0.29) is 24.5 Å². The van der Waals surface area contributed by atoms with Gasteiger partial charge in [-0.25, -0.2) is 0 Å². The molecule has 3 N–H and O–H groups in total. The molecule has 0 amide bonds. The zero-order valence-corrected chi connectivity index (χ0v) is 12.0. The predicted octanol–water partition coefficient (Wildman–Crippen LogP) is 4.02. The summed E-state index contributed by atoms with van der Waals surface area (Å²) in [6.07, 6.45) is -10.1. The SMILES string of the molecule is CCC(CC(N)C(=O)O)c1ccc(C(F)(F)F)cc1C(F)(F)F. The molecule has 0 aliphatic rings. The smallest absolute Gasteiger partial charge is 0.416 e. The quantitative estimate of drug-likeness (QED) is 0.794. The molecule has 0 aromatic heterocycles. The second kappa shape index (κ2) is 6.77. The molecule has 0 aliphatic heterocycles. The molecule has 2 unspecified atom stereocenters. The molecular weight excluding hydrogens is 328 g/mol. The van der Waals surface area contributed by atoms with Gasteiger partial charge in [0.1, 0.15) is 6.04 Å². The lowest BCUT2D eigenvalue weighted by molar-refractivity contribution is -0.143. The number of halogens is 6. The Morgan fingerprint density at radius 2 is 1.74 bits per heavy atom. The second-order valence-electron chi connectivity index (χ2n) is 5.08. The number of carboxylic acid groups (broad SMARTS) is 1. The van der Waals surface area contributed by atoms with E-state index in [2.05, 4.69) is 0 Å². The predicted molar refractivity (Wildman–Crippen MR) is 69.7 cm³/mol. The van der Waals surface area contributed by atoms with Crippen LogP contribution >= 0.6 is 0 Å². The Morgan fingerprint density at radius 3 is 2.13 bits per heavy atom. The Kier molecular flexibility index (Phi) is 5.68. The standard InChI is InChI=1S/C14H15F6NO2/c1-2-7(5-11(21)12(22)23)9-4-3-8(13(15,16)17)6-10(9)14(18,19)20/h3-4,6-7,11H,2,5,21H2,1H3,(H,22,23). The van der Waals surface area contributed by atoms with Crippen LogP contribution in [0.25, 0.3) is 0 Å². The second-order valence-corrected chi connectivity index (χ2v) is 5.08. The van der Waals surface area contributed by atoms with E-state index in [1.807, 2.05) is 0 Å². The molecule has 0 spiro atoms. The van der Waals surface area contributed by atoms with Crippen LogP contribution in [0.2, 0.25) is 0 Å². The Morgan fingerprint density at radius 1 is 1.17 bits per heavy atom. The summed E-state index contributed by atoms with van der Waals surface area (Å²) < 4.78 is 77.1. The molecule has 23 heavy (non-hydrogen) atoms. The fourth-order valence-corrected chi connectivity index (χ4v) is 2.25. The van der Waals surface area contributed by atoms with Crippen LogP contribution in [-0.4, -0.2) is 17.1 Å². The number of benzene rings is 1. The maximum absolute atomic E-state index is 13.1. The third-order valence-electron chi connectivity index (χ3n) is 3.47. The Hall–Kier alpha value is -1.77. The summed E-state index contributed by atoms with van der Waals surface area (Å²) in [5.74, 6) is -2.30. The third-order valence-corrected chi connectivity index (χ3v) is 3.47. The van der Waals surface area contributed by atoms with Gasteiger partial charge in [0.25, 0.3) is 0 Å². The van der Waals surface area contributed by atoms with Crippen molar-refractivity contribution in [3.63, 3.8) is 0 Å². The summed E-state index contributed by atoms with van der Waals surface area (Å²) in [5.41, 5.74) is 2.11. The van der Waals surface area contributed by atoms with Crippen LogP contribution in [0, 0.1) is 0 Å². The monoisotopic (exact) mass is 343 g/mol. The number of nitrogens with two attached hydrogens (primary N) is 1. The molecular formula is C14H15F6NO2. The van der Waals surface area contributed by atoms with Gasteiger partial charge in [0.15, 0.2) is 0 Å². The molecule has 0 bridgehead atoms. The van der Waals surface area contributed by atoms with E-state index in [4.69, 9.17) is 10.8 Å². The number of aliphatic carboxylic acids is 1. The normalized spacial score (nSPS) is 15.3. The van der Waals surface area contributed by atoms with Gasteiger partial charge in [-0.2, -0.15) is 26.3 Å². The molecule has 0 saturated heterocycles. The molecule has 0 aliphatic carbocycles. The minimum absolute atomic E-state index is 0.0459. The van der Waals surface area contributed by atoms with E-state index in [9.17, 15) is 31.1 Å². The molecule has 2 atom stereocenters. The summed E-state index contributed by atoms with van der Waals surface area (Å²) in [6.45, 7) is 1.51. The van der Waals surface area contributed by atoms with Gasteiger partial charge in [0, 0.05) is 0 Å². The highest BCUT2D eigenvalue weighted by Gasteiger charge is 2.39. The van der Waals surface area contributed by atoms with Gasteiger partial charge >= 0.3 is 18.3 Å². The summed E-state index contributed by atoms with van der Waals surface area (Å²) in [5, 5.41) is 8.76. The van der Waals surface area contributed by atoms with Crippen molar-refractivity contribution in [1.29, 1.82) is 0 Å². The number of hydrogen-bond acceptors (Lipinski definition) is 2. The highest BCUT2D eigenvalue weighted by atomic mass is 19.4. The van der Waals surface area contributed by atoms with Gasteiger partial charge in [-0.05, 0) is 36.5 Å². The molecule has 3 nitrogen and oxygen atoms in total. The summed E-state index contributed by atoms with van der Waals surface area (Å²) in [6, 6.07) is -0.0543. The largest absolute Gasteiger partial charge is 0.480 e. The van der Waals surface area contributed by atoms with Gasteiger partial charge < -0.3 is 10.8 Å². The van der Waals surface area contributed by atoms with Crippen LogP contribution in [0.1, 0.15) is 42.4 Å². The molecule has 1 rings (SSSR count). The zero-order chi connectivity index (χ0) is 18.0. The lowest BCUT2D eigenvalue weighted by Crippen LogP contribution is -2.32. The van der Waals surface area contributed by atoms with Gasteiger partial charge in [-0.3, -0.25) is 4.79 Å².